The number of benzene rings is 1. The van der Waals surface area contributed by atoms with Gasteiger partial charge in [-0.1, -0.05) is 29.3 Å². The van der Waals surface area contributed by atoms with Gasteiger partial charge in [-0.2, -0.15) is 0 Å². The molecule has 0 spiro atoms. The molecule has 0 aliphatic rings. The van der Waals surface area contributed by atoms with Crippen LogP contribution in [0.3, 0.4) is 0 Å². The van der Waals surface area contributed by atoms with Gasteiger partial charge in [-0.3, -0.25) is 0 Å². The molecule has 0 fully saturated rings. The van der Waals surface area contributed by atoms with Crippen molar-refractivity contribution >= 4 is 40.1 Å². The third kappa shape index (κ3) is 3.28. The molecule has 0 saturated heterocycles. The van der Waals surface area contributed by atoms with Gasteiger partial charge >= 0.3 is 5.97 Å². The van der Waals surface area contributed by atoms with E-state index in [0.29, 0.717) is 22.3 Å². The van der Waals surface area contributed by atoms with E-state index in [4.69, 9.17) is 28.3 Å². The third-order valence-electron chi connectivity index (χ3n) is 3.60. The number of aliphatic hydroxyl groups is 1. The van der Waals surface area contributed by atoms with Gasteiger partial charge < -0.3 is 10.2 Å². The van der Waals surface area contributed by atoms with Gasteiger partial charge in [-0.25, -0.2) is 19.7 Å². The first kappa shape index (κ1) is 17.5. The number of hydrogen-bond acceptors (Lipinski definition) is 5. The zero-order valence-corrected chi connectivity index (χ0v) is 14.8. The second kappa shape index (κ2) is 6.22. The minimum Gasteiger partial charge on any atom is -0.476 e. The van der Waals surface area contributed by atoms with E-state index in [0.717, 1.165) is 5.56 Å². The van der Waals surface area contributed by atoms with Crippen molar-refractivity contribution in [2.45, 2.75) is 19.4 Å². The number of nitrogens with zero attached hydrogens (tertiary/aromatic N) is 3. The molecule has 2 heterocycles. The molecule has 0 aliphatic carbocycles. The van der Waals surface area contributed by atoms with Crippen LogP contribution in [0.15, 0.2) is 30.6 Å². The van der Waals surface area contributed by atoms with Gasteiger partial charge in [0.05, 0.1) is 15.6 Å². The second-order valence-electron chi connectivity index (χ2n) is 5.98. The van der Waals surface area contributed by atoms with Crippen LogP contribution in [0.2, 0.25) is 10.0 Å². The molecular weight excluding hydrogens is 365 g/mol. The Hall–Kier alpha value is -2.28. The predicted octanol–water partition coefficient (Wildman–Crippen LogP) is 3.92. The van der Waals surface area contributed by atoms with Crippen molar-refractivity contribution in [1.82, 2.24) is 15.0 Å². The number of carboxylic acid groups (broad SMARTS) is 1. The molecule has 0 amide bonds. The van der Waals surface area contributed by atoms with Crippen molar-refractivity contribution in [3.05, 3.63) is 52.2 Å². The van der Waals surface area contributed by atoms with E-state index in [9.17, 15) is 9.90 Å². The van der Waals surface area contributed by atoms with Crippen LogP contribution in [0.1, 0.15) is 30.2 Å². The van der Waals surface area contributed by atoms with Gasteiger partial charge in [-0.05, 0) is 31.5 Å². The van der Waals surface area contributed by atoms with Crippen molar-refractivity contribution in [2.75, 3.05) is 0 Å². The summed E-state index contributed by atoms with van der Waals surface area (Å²) in [6.45, 7) is 3.21. The number of carboxylic acids is 1. The zero-order valence-electron chi connectivity index (χ0n) is 13.3. The van der Waals surface area contributed by atoms with Crippen LogP contribution >= 0.6 is 23.2 Å². The quantitative estimate of drug-likeness (QED) is 0.717. The second-order valence-corrected chi connectivity index (χ2v) is 6.74. The van der Waals surface area contributed by atoms with Gasteiger partial charge in [0.15, 0.2) is 11.5 Å². The minimum absolute atomic E-state index is 0.104. The highest BCUT2D eigenvalue weighted by atomic mass is 35.5. The Morgan fingerprint density at radius 1 is 1.08 bits per heavy atom. The number of hydrogen-bond donors (Lipinski definition) is 2. The van der Waals surface area contributed by atoms with E-state index in [1.807, 2.05) is 0 Å². The number of aromatic carboxylic acids is 1. The first-order chi connectivity index (χ1) is 11.7. The molecule has 3 aromatic rings. The fraction of sp³-hybridized carbons (Fsp3) is 0.176. The molecule has 6 nitrogen and oxygen atoms in total. The molecule has 0 radical (unpaired) electrons. The number of rotatable bonds is 3. The molecule has 2 aromatic heterocycles. The number of fused-ring (bicyclic) bond motifs is 1. The number of pyridine rings is 1. The van der Waals surface area contributed by atoms with Gasteiger partial charge in [0, 0.05) is 23.3 Å². The van der Waals surface area contributed by atoms with Crippen LogP contribution in [0.4, 0.5) is 0 Å². The maximum absolute atomic E-state index is 11.2. The molecule has 2 N–H and O–H groups in total. The monoisotopic (exact) mass is 377 g/mol. The zero-order chi connectivity index (χ0) is 18.4. The van der Waals surface area contributed by atoms with E-state index in [2.05, 4.69) is 15.0 Å². The number of carbonyl (C=O) groups is 1. The highest BCUT2D eigenvalue weighted by Crippen LogP contribution is 2.34. The van der Waals surface area contributed by atoms with Crippen molar-refractivity contribution in [3.8, 4) is 11.1 Å². The normalized spacial score (nSPS) is 11.7. The Morgan fingerprint density at radius 2 is 1.72 bits per heavy atom. The Balaban J connectivity index is 2.11. The summed E-state index contributed by atoms with van der Waals surface area (Å²) in [4.78, 5) is 23.6. The molecule has 0 saturated carbocycles. The van der Waals surface area contributed by atoms with Crippen molar-refractivity contribution in [2.24, 2.45) is 0 Å². The summed E-state index contributed by atoms with van der Waals surface area (Å²) in [7, 11) is 0. The Bertz CT molecular complexity index is 983. The van der Waals surface area contributed by atoms with Crippen LogP contribution < -0.4 is 0 Å². The Morgan fingerprint density at radius 3 is 2.28 bits per heavy atom. The van der Waals surface area contributed by atoms with Crippen LogP contribution in [0, 0.1) is 0 Å². The van der Waals surface area contributed by atoms with Crippen LogP contribution in [-0.4, -0.2) is 31.1 Å². The van der Waals surface area contributed by atoms with Crippen LogP contribution in [0.25, 0.3) is 22.0 Å². The maximum Gasteiger partial charge on any atom is 0.356 e. The lowest BCUT2D eigenvalue weighted by Gasteiger charge is -2.15. The Labute approximate surface area is 153 Å². The van der Waals surface area contributed by atoms with Crippen molar-refractivity contribution in [1.29, 1.82) is 0 Å². The average molecular weight is 378 g/mol. The molecule has 0 atom stereocenters. The fourth-order valence-electron chi connectivity index (χ4n) is 2.32. The largest absolute Gasteiger partial charge is 0.476 e. The molecule has 0 aliphatic heterocycles. The highest BCUT2D eigenvalue weighted by Gasteiger charge is 2.20. The topological polar surface area (TPSA) is 96.2 Å². The third-order valence-corrected chi connectivity index (χ3v) is 4.46. The van der Waals surface area contributed by atoms with Crippen molar-refractivity contribution < 1.29 is 15.0 Å². The van der Waals surface area contributed by atoms with E-state index in [1.54, 1.807) is 44.4 Å². The Kier molecular flexibility index (Phi) is 4.36. The number of halogens is 2. The summed E-state index contributed by atoms with van der Waals surface area (Å²) in [5, 5.41) is 19.6. The lowest BCUT2D eigenvalue weighted by molar-refractivity contribution is 0.0681. The molecular formula is C17H13Cl2N3O3. The molecule has 128 valence electrons. The first-order valence-corrected chi connectivity index (χ1v) is 8.01. The SMILES string of the molecule is CC(C)(O)c1ncc(-c2ccc3nc(C(=O)O)c(Cl)c(Cl)c3c2)cn1. The summed E-state index contributed by atoms with van der Waals surface area (Å²) in [6.07, 6.45) is 3.19. The lowest BCUT2D eigenvalue weighted by atomic mass is 10.0. The van der Waals surface area contributed by atoms with Gasteiger partial charge in [-0.15, -0.1) is 0 Å². The minimum atomic E-state index is -1.24. The van der Waals surface area contributed by atoms with Gasteiger partial charge in [0.1, 0.15) is 5.60 Å². The van der Waals surface area contributed by atoms with Crippen LogP contribution in [-0.2, 0) is 5.60 Å². The summed E-state index contributed by atoms with van der Waals surface area (Å²) in [5.74, 6) is -0.931. The predicted molar refractivity (Wildman–Crippen MR) is 95.0 cm³/mol. The molecule has 0 bridgehead atoms. The van der Waals surface area contributed by atoms with E-state index in [-0.39, 0.29) is 15.7 Å². The standard InChI is InChI=1S/C17H13Cl2N3O3/c1-17(2,25)16-20-6-9(7-21-16)8-3-4-11-10(5-8)12(18)13(19)14(22-11)15(23)24/h3-7,25H,1-2H3,(H,23,24). The van der Waals surface area contributed by atoms with E-state index >= 15 is 0 Å². The molecule has 0 unspecified atom stereocenters. The molecule has 3 rings (SSSR count). The molecule has 8 heteroatoms. The summed E-state index contributed by atoms with van der Waals surface area (Å²) >= 11 is 12.2. The maximum atomic E-state index is 11.2. The highest BCUT2D eigenvalue weighted by molar-refractivity contribution is 6.46. The van der Waals surface area contributed by atoms with E-state index in [1.165, 1.54) is 0 Å². The summed E-state index contributed by atoms with van der Waals surface area (Å²) in [6, 6.07) is 5.15. The van der Waals surface area contributed by atoms with Gasteiger partial charge in [0.25, 0.3) is 0 Å². The van der Waals surface area contributed by atoms with Crippen molar-refractivity contribution in [3.63, 3.8) is 0 Å². The molecule has 25 heavy (non-hydrogen) atoms. The number of aromatic nitrogens is 3. The fourth-order valence-corrected chi connectivity index (χ4v) is 2.78. The average Bonchev–Trinajstić information content (AvgIpc) is 2.57. The lowest BCUT2D eigenvalue weighted by Crippen LogP contribution is -2.19. The smallest absolute Gasteiger partial charge is 0.356 e. The first-order valence-electron chi connectivity index (χ1n) is 7.26. The summed E-state index contributed by atoms with van der Waals surface area (Å²) in [5.41, 5.74) is 0.479. The van der Waals surface area contributed by atoms with Gasteiger partial charge in [0.2, 0.25) is 0 Å². The summed E-state index contributed by atoms with van der Waals surface area (Å²) < 4.78 is 0. The molecule has 1 aromatic carbocycles. The van der Waals surface area contributed by atoms with Crippen LogP contribution in [0.5, 0.6) is 0 Å². The van der Waals surface area contributed by atoms with E-state index < -0.39 is 11.6 Å².